The molecule has 0 unspecified atom stereocenters. The lowest BCUT2D eigenvalue weighted by Crippen LogP contribution is -1.66. The first-order chi connectivity index (χ1) is 7.47. The molecule has 0 fully saturated rings. The van der Waals surface area contributed by atoms with Crippen LogP contribution < -0.4 is 0 Å². The molecule has 0 atom stereocenters. The Bertz CT molecular complexity index is 448. The number of hydrogen-bond donors (Lipinski definition) is 0. The molecule has 2 aromatic heterocycles. The minimum atomic E-state index is 1.35. The standard InChI is InChI=1S/C8H6S.C4H4N2/c1-2-4-8-7(3-1)5-6-9-8;1-2-6-4-3-5-1/h1-6H;1-4H. The first-order valence-electron chi connectivity index (χ1n) is 4.59. The molecule has 2 heterocycles. The Kier molecular flexibility index (Phi) is 3.41. The van der Waals surface area contributed by atoms with Crippen molar-refractivity contribution in [2.24, 2.45) is 0 Å². The zero-order valence-corrected chi connectivity index (χ0v) is 8.89. The molecule has 15 heavy (non-hydrogen) atoms. The Labute approximate surface area is 92.3 Å². The van der Waals surface area contributed by atoms with Gasteiger partial charge in [0.1, 0.15) is 0 Å². The fraction of sp³-hybridized carbons (Fsp3) is 0. The fourth-order valence-electron chi connectivity index (χ4n) is 1.16. The maximum absolute atomic E-state index is 3.72. The van der Waals surface area contributed by atoms with E-state index in [2.05, 4.69) is 45.7 Å². The molecule has 0 bridgehead atoms. The summed E-state index contributed by atoms with van der Waals surface area (Å²) in [6.07, 6.45) is 6.56. The molecule has 0 amide bonds. The van der Waals surface area contributed by atoms with Crippen LogP contribution in [-0.2, 0) is 0 Å². The molecule has 0 aliphatic carbocycles. The quantitative estimate of drug-likeness (QED) is 0.573. The molecule has 0 N–H and O–H groups in total. The lowest BCUT2D eigenvalue weighted by Gasteiger charge is -1.82. The first-order valence-corrected chi connectivity index (χ1v) is 5.47. The Morgan fingerprint density at radius 1 is 0.800 bits per heavy atom. The summed E-state index contributed by atoms with van der Waals surface area (Å²) in [4.78, 5) is 7.44. The third-order valence-electron chi connectivity index (χ3n) is 1.84. The highest BCUT2D eigenvalue weighted by Gasteiger charge is 1.87. The zero-order valence-electron chi connectivity index (χ0n) is 8.08. The monoisotopic (exact) mass is 214 g/mol. The van der Waals surface area contributed by atoms with Crippen LogP contribution in [0.1, 0.15) is 0 Å². The molecule has 1 aromatic carbocycles. The van der Waals surface area contributed by atoms with Gasteiger partial charge in [-0.2, -0.15) is 0 Å². The van der Waals surface area contributed by atoms with Gasteiger partial charge in [-0.15, -0.1) is 11.3 Å². The first kappa shape index (κ1) is 9.80. The van der Waals surface area contributed by atoms with Gasteiger partial charge in [0.25, 0.3) is 0 Å². The molecule has 3 rings (SSSR count). The highest BCUT2D eigenvalue weighted by molar-refractivity contribution is 7.17. The second-order valence-electron chi connectivity index (χ2n) is 2.85. The maximum Gasteiger partial charge on any atom is 0.0451 e. The summed E-state index contributed by atoms with van der Waals surface area (Å²) in [5.74, 6) is 0. The Balaban J connectivity index is 0.000000124. The predicted octanol–water partition coefficient (Wildman–Crippen LogP) is 3.38. The van der Waals surface area contributed by atoms with Crippen molar-refractivity contribution in [2.75, 3.05) is 0 Å². The van der Waals surface area contributed by atoms with Gasteiger partial charge in [0.05, 0.1) is 0 Å². The molecule has 3 heteroatoms. The van der Waals surface area contributed by atoms with Crippen LogP contribution >= 0.6 is 11.3 Å². The van der Waals surface area contributed by atoms with E-state index in [1.165, 1.54) is 10.1 Å². The van der Waals surface area contributed by atoms with Gasteiger partial charge in [0.2, 0.25) is 0 Å². The van der Waals surface area contributed by atoms with Crippen LogP contribution in [-0.4, -0.2) is 9.97 Å². The summed E-state index contributed by atoms with van der Waals surface area (Å²) in [6.45, 7) is 0. The predicted molar refractivity (Wildman–Crippen MR) is 63.9 cm³/mol. The molecular formula is C12H10N2S. The summed E-state index contributed by atoms with van der Waals surface area (Å²) in [5.41, 5.74) is 0. The lowest BCUT2D eigenvalue weighted by atomic mass is 10.3. The van der Waals surface area contributed by atoms with Crippen LogP contribution in [0.25, 0.3) is 10.1 Å². The summed E-state index contributed by atoms with van der Waals surface area (Å²) in [7, 11) is 0. The van der Waals surface area contributed by atoms with Crippen molar-refractivity contribution in [3.05, 3.63) is 60.5 Å². The number of aromatic nitrogens is 2. The molecule has 0 saturated heterocycles. The summed E-state index contributed by atoms with van der Waals surface area (Å²) < 4.78 is 1.37. The van der Waals surface area contributed by atoms with Gasteiger partial charge >= 0.3 is 0 Å². The second kappa shape index (κ2) is 5.22. The third kappa shape index (κ3) is 2.86. The lowest BCUT2D eigenvalue weighted by molar-refractivity contribution is 1.20. The van der Waals surface area contributed by atoms with Crippen molar-refractivity contribution in [1.29, 1.82) is 0 Å². The average Bonchev–Trinajstić information content (AvgIpc) is 2.80. The van der Waals surface area contributed by atoms with Crippen molar-refractivity contribution in [2.45, 2.75) is 0 Å². The van der Waals surface area contributed by atoms with Crippen LogP contribution in [0.4, 0.5) is 0 Å². The number of hydrogen-bond acceptors (Lipinski definition) is 3. The van der Waals surface area contributed by atoms with Gasteiger partial charge in [-0.05, 0) is 22.9 Å². The van der Waals surface area contributed by atoms with E-state index in [-0.39, 0.29) is 0 Å². The molecule has 0 spiro atoms. The van der Waals surface area contributed by atoms with E-state index < -0.39 is 0 Å². The highest BCUT2D eigenvalue weighted by atomic mass is 32.1. The minimum Gasteiger partial charge on any atom is -0.262 e. The second-order valence-corrected chi connectivity index (χ2v) is 3.80. The Morgan fingerprint density at radius 3 is 2.07 bits per heavy atom. The average molecular weight is 214 g/mol. The van der Waals surface area contributed by atoms with Gasteiger partial charge in [-0.1, -0.05) is 18.2 Å². The molecule has 0 aliphatic rings. The van der Waals surface area contributed by atoms with Crippen LogP contribution in [0, 0.1) is 0 Å². The van der Waals surface area contributed by atoms with Gasteiger partial charge in [0.15, 0.2) is 0 Å². The SMILES string of the molecule is c1ccc2sccc2c1.c1cnccn1. The van der Waals surface area contributed by atoms with E-state index in [0.717, 1.165) is 0 Å². The topological polar surface area (TPSA) is 25.8 Å². The maximum atomic E-state index is 3.72. The molecule has 3 aromatic rings. The number of fused-ring (bicyclic) bond motifs is 1. The van der Waals surface area contributed by atoms with E-state index in [1.807, 2.05) is 0 Å². The Morgan fingerprint density at radius 2 is 1.47 bits per heavy atom. The molecular weight excluding hydrogens is 204 g/mol. The van der Waals surface area contributed by atoms with E-state index in [1.54, 1.807) is 36.1 Å². The normalized spacial score (nSPS) is 9.33. The van der Waals surface area contributed by atoms with Crippen molar-refractivity contribution < 1.29 is 0 Å². The van der Waals surface area contributed by atoms with E-state index >= 15 is 0 Å². The molecule has 2 nitrogen and oxygen atoms in total. The molecule has 74 valence electrons. The van der Waals surface area contributed by atoms with Crippen molar-refractivity contribution >= 4 is 21.4 Å². The highest BCUT2D eigenvalue weighted by Crippen LogP contribution is 2.18. The number of thiophene rings is 1. The smallest absolute Gasteiger partial charge is 0.0451 e. The number of rotatable bonds is 0. The number of nitrogens with zero attached hydrogens (tertiary/aromatic N) is 2. The van der Waals surface area contributed by atoms with Crippen molar-refractivity contribution in [1.82, 2.24) is 9.97 Å². The van der Waals surface area contributed by atoms with Crippen LogP contribution in [0.5, 0.6) is 0 Å². The van der Waals surface area contributed by atoms with E-state index in [4.69, 9.17) is 0 Å². The number of benzene rings is 1. The van der Waals surface area contributed by atoms with Gasteiger partial charge in [-0.25, -0.2) is 0 Å². The minimum absolute atomic E-state index is 1.35. The largest absolute Gasteiger partial charge is 0.262 e. The molecule has 0 aliphatic heterocycles. The zero-order chi connectivity index (χ0) is 10.3. The van der Waals surface area contributed by atoms with Gasteiger partial charge in [-0.3, -0.25) is 9.97 Å². The van der Waals surface area contributed by atoms with Gasteiger partial charge < -0.3 is 0 Å². The molecule has 0 radical (unpaired) electrons. The van der Waals surface area contributed by atoms with Crippen molar-refractivity contribution in [3.63, 3.8) is 0 Å². The third-order valence-corrected chi connectivity index (χ3v) is 2.74. The molecule has 0 saturated carbocycles. The van der Waals surface area contributed by atoms with Gasteiger partial charge in [0, 0.05) is 29.5 Å². The summed E-state index contributed by atoms with van der Waals surface area (Å²) in [5, 5.41) is 3.47. The van der Waals surface area contributed by atoms with E-state index in [9.17, 15) is 0 Å². The van der Waals surface area contributed by atoms with Crippen LogP contribution in [0.2, 0.25) is 0 Å². The summed E-state index contributed by atoms with van der Waals surface area (Å²) >= 11 is 1.79. The Hall–Kier alpha value is -1.74. The summed E-state index contributed by atoms with van der Waals surface area (Å²) in [6, 6.07) is 10.5. The van der Waals surface area contributed by atoms with Crippen molar-refractivity contribution in [3.8, 4) is 0 Å². The van der Waals surface area contributed by atoms with Crippen LogP contribution in [0.15, 0.2) is 60.5 Å². The van der Waals surface area contributed by atoms with E-state index in [0.29, 0.717) is 0 Å². The van der Waals surface area contributed by atoms with Crippen LogP contribution in [0.3, 0.4) is 0 Å². The fourth-order valence-corrected chi connectivity index (χ4v) is 1.95.